The molecule has 0 N–H and O–H groups in total. The number of carbonyl (C=O) groups excluding carboxylic acids is 2. The fourth-order valence-electron chi connectivity index (χ4n) is 4.65. The highest BCUT2D eigenvalue weighted by Crippen LogP contribution is 2.33. The molecule has 1 aliphatic rings. The second kappa shape index (κ2) is 12.6. The van der Waals surface area contributed by atoms with Gasteiger partial charge in [-0.2, -0.15) is 0 Å². The number of anilines is 1. The zero-order valence-corrected chi connectivity index (χ0v) is 22.6. The summed E-state index contributed by atoms with van der Waals surface area (Å²) in [5.41, 5.74) is 2.04. The van der Waals surface area contributed by atoms with Gasteiger partial charge in [-0.05, 0) is 45.6 Å². The number of ether oxygens (including phenoxy) is 2. The third-order valence-electron chi connectivity index (χ3n) is 6.56. The van der Waals surface area contributed by atoms with E-state index in [1.54, 1.807) is 28.5 Å². The quantitative estimate of drug-likeness (QED) is 0.276. The van der Waals surface area contributed by atoms with E-state index in [1.165, 1.54) is 7.11 Å². The number of benzene rings is 1. The Kier molecular flexibility index (Phi) is 9.52. The standard InChI is InChI=1S/C28H38N4O5/c1-7-10-21(36-6)19-23(33)30-14-16-31(17-15-30)26-24-20(3)11-9-12-22(24)32(18-13-29(4)5)27(34)25(26)28(35)37-8-2/h7,9-12H,1,8,13-19H2,2-6H3/b21-10-. The van der Waals surface area contributed by atoms with Gasteiger partial charge in [0.2, 0.25) is 5.91 Å². The van der Waals surface area contributed by atoms with Crippen LogP contribution in [0, 0.1) is 6.92 Å². The van der Waals surface area contributed by atoms with Crippen LogP contribution in [0.1, 0.15) is 29.3 Å². The first-order chi connectivity index (χ1) is 17.7. The highest BCUT2D eigenvalue weighted by Gasteiger charge is 2.30. The monoisotopic (exact) mass is 510 g/mol. The first-order valence-corrected chi connectivity index (χ1v) is 12.6. The lowest BCUT2D eigenvalue weighted by molar-refractivity contribution is -0.131. The molecule has 2 aromatic rings. The molecule has 0 radical (unpaired) electrons. The van der Waals surface area contributed by atoms with Crippen LogP contribution in [0.15, 0.2) is 47.5 Å². The minimum absolute atomic E-state index is 0.0413. The Morgan fingerprint density at radius 1 is 1.16 bits per heavy atom. The third-order valence-corrected chi connectivity index (χ3v) is 6.56. The molecule has 1 aliphatic heterocycles. The van der Waals surface area contributed by atoms with E-state index in [0.717, 1.165) is 16.5 Å². The van der Waals surface area contributed by atoms with Crippen LogP contribution < -0.4 is 10.5 Å². The number of carbonyl (C=O) groups is 2. The summed E-state index contributed by atoms with van der Waals surface area (Å²) in [6, 6.07) is 5.84. The van der Waals surface area contributed by atoms with Gasteiger partial charge in [-0.1, -0.05) is 24.8 Å². The molecular formula is C28H38N4O5. The maximum Gasteiger partial charge on any atom is 0.345 e. The maximum atomic E-state index is 13.8. The number of amides is 1. The number of aryl methyl sites for hydroxylation is 1. The third kappa shape index (κ3) is 6.22. The van der Waals surface area contributed by atoms with Crippen LogP contribution in [0.3, 0.4) is 0 Å². The summed E-state index contributed by atoms with van der Waals surface area (Å²) in [6.45, 7) is 10.5. The Balaban J connectivity index is 2.05. The molecule has 0 unspecified atom stereocenters. The van der Waals surface area contributed by atoms with Gasteiger partial charge >= 0.3 is 5.97 Å². The largest absolute Gasteiger partial charge is 0.501 e. The predicted octanol–water partition coefficient (Wildman–Crippen LogP) is 2.80. The molecule has 9 heteroatoms. The van der Waals surface area contributed by atoms with Crippen molar-refractivity contribution in [3.8, 4) is 0 Å². The van der Waals surface area contributed by atoms with Gasteiger partial charge in [-0.25, -0.2) is 4.79 Å². The highest BCUT2D eigenvalue weighted by atomic mass is 16.5. The number of nitrogens with zero attached hydrogens (tertiary/aromatic N) is 4. The van der Waals surface area contributed by atoms with E-state index in [-0.39, 0.29) is 30.1 Å². The Morgan fingerprint density at radius 2 is 1.86 bits per heavy atom. The van der Waals surface area contributed by atoms with E-state index in [9.17, 15) is 14.4 Å². The number of piperazine rings is 1. The molecule has 9 nitrogen and oxygen atoms in total. The lowest BCUT2D eigenvalue weighted by atomic mass is 10.0. The van der Waals surface area contributed by atoms with E-state index in [2.05, 4.69) is 6.58 Å². The summed E-state index contributed by atoms with van der Waals surface area (Å²) in [4.78, 5) is 45.7. The van der Waals surface area contributed by atoms with Crippen molar-refractivity contribution in [2.45, 2.75) is 26.8 Å². The molecule has 1 aromatic carbocycles. The topological polar surface area (TPSA) is 84.3 Å². The van der Waals surface area contributed by atoms with Crippen molar-refractivity contribution in [1.29, 1.82) is 0 Å². The van der Waals surface area contributed by atoms with Crippen LogP contribution in [0.5, 0.6) is 0 Å². The van der Waals surface area contributed by atoms with Crippen molar-refractivity contribution in [2.75, 3.05) is 65.4 Å². The molecule has 200 valence electrons. The molecule has 0 aliphatic carbocycles. The van der Waals surface area contributed by atoms with Crippen LogP contribution in [0.25, 0.3) is 10.9 Å². The van der Waals surface area contributed by atoms with Crippen molar-refractivity contribution in [1.82, 2.24) is 14.4 Å². The smallest absolute Gasteiger partial charge is 0.345 e. The normalized spacial score (nSPS) is 14.3. The molecule has 1 saturated heterocycles. The SMILES string of the molecule is C=C/C=C(/CC(=O)N1CCN(c2c(C(=O)OCC)c(=O)n(CCN(C)C)c3cccc(C)c23)CC1)OC. The lowest BCUT2D eigenvalue weighted by Crippen LogP contribution is -2.50. The van der Waals surface area contributed by atoms with E-state index < -0.39 is 5.97 Å². The van der Waals surface area contributed by atoms with Crippen molar-refractivity contribution in [2.24, 2.45) is 0 Å². The second-order valence-electron chi connectivity index (χ2n) is 9.29. The summed E-state index contributed by atoms with van der Waals surface area (Å²) in [7, 11) is 5.43. The highest BCUT2D eigenvalue weighted by molar-refractivity contribution is 6.06. The van der Waals surface area contributed by atoms with Gasteiger partial charge in [0.05, 0.1) is 31.3 Å². The van der Waals surface area contributed by atoms with Gasteiger partial charge in [0.15, 0.2) is 0 Å². The van der Waals surface area contributed by atoms with Gasteiger partial charge in [0.25, 0.3) is 5.56 Å². The van der Waals surface area contributed by atoms with E-state index >= 15 is 0 Å². The van der Waals surface area contributed by atoms with Gasteiger partial charge in [0, 0.05) is 44.7 Å². The Labute approximate surface area is 218 Å². The molecule has 0 bridgehead atoms. The van der Waals surface area contributed by atoms with Crippen molar-refractivity contribution in [3.63, 3.8) is 0 Å². The number of methoxy groups -OCH3 is 1. The predicted molar refractivity (Wildman–Crippen MR) is 146 cm³/mol. The molecule has 1 fully saturated rings. The van der Waals surface area contributed by atoms with E-state index in [4.69, 9.17) is 9.47 Å². The molecule has 0 saturated carbocycles. The number of pyridine rings is 1. The molecule has 2 heterocycles. The zero-order chi connectivity index (χ0) is 27.1. The Hall–Kier alpha value is -3.59. The van der Waals surface area contributed by atoms with Crippen LogP contribution in [0.2, 0.25) is 0 Å². The van der Waals surface area contributed by atoms with Crippen LogP contribution in [0.4, 0.5) is 5.69 Å². The van der Waals surface area contributed by atoms with Crippen LogP contribution >= 0.6 is 0 Å². The number of fused-ring (bicyclic) bond motifs is 1. The van der Waals surface area contributed by atoms with Crippen molar-refractivity contribution >= 4 is 28.5 Å². The molecule has 1 aromatic heterocycles. The first-order valence-electron chi connectivity index (χ1n) is 12.6. The minimum Gasteiger partial charge on any atom is -0.501 e. The van der Waals surface area contributed by atoms with E-state index in [1.807, 2.05) is 49.0 Å². The Morgan fingerprint density at radius 3 is 2.46 bits per heavy atom. The fourth-order valence-corrected chi connectivity index (χ4v) is 4.65. The van der Waals surface area contributed by atoms with Gasteiger partial charge < -0.3 is 28.7 Å². The molecule has 0 atom stereocenters. The molecule has 0 spiro atoms. The molecule has 37 heavy (non-hydrogen) atoms. The van der Waals surface area contributed by atoms with Crippen LogP contribution in [-0.4, -0.2) is 86.8 Å². The first kappa shape index (κ1) is 28.0. The molecular weight excluding hydrogens is 472 g/mol. The Bertz CT molecular complexity index is 1240. The maximum absolute atomic E-state index is 13.8. The number of hydrogen-bond donors (Lipinski definition) is 0. The molecule has 3 rings (SSSR count). The summed E-state index contributed by atoms with van der Waals surface area (Å²) in [6.07, 6.45) is 3.43. The second-order valence-corrected chi connectivity index (χ2v) is 9.29. The summed E-state index contributed by atoms with van der Waals surface area (Å²) < 4.78 is 12.3. The fraction of sp³-hybridized carbons (Fsp3) is 0.464. The number of likely N-dealkylation sites (N-methyl/N-ethyl adjacent to an activating group) is 1. The van der Waals surface area contributed by atoms with Crippen molar-refractivity contribution < 1.29 is 19.1 Å². The average molecular weight is 511 g/mol. The summed E-state index contributed by atoms with van der Waals surface area (Å²) >= 11 is 0. The minimum atomic E-state index is -0.621. The summed E-state index contributed by atoms with van der Waals surface area (Å²) in [5.74, 6) is -0.112. The van der Waals surface area contributed by atoms with Gasteiger partial charge in [0.1, 0.15) is 11.3 Å². The number of hydrogen-bond acceptors (Lipinski definition) is 7. The summed E-state index contributed by atoms with van der Waals surface area (Å²) in [5, 5.41) is 0.860. The van der Waals surface area contributed by atoms with Gasteiger partial charge in [-0.15, -0.1) is 0 Å². The van der Waals surface area contributed by atoms with Gasteiger partial charge in [-0.3, -0.25) is 9.59 Å². The number of aromatic nitrogens is 1. The van der Waals surface area contributed by atoms with Crippen molar-refractivity contribution in [3.05, 3.63) is 64.2 Å². The number of esters is 1. The number of allylic oxidation sites excluding steroid dienone is 2. The average Bonchev–Trinajstić information content (AvgIpc) is 2.87. The zero-order valence-electron chi connectivity index (χ0n) is 22.6. The van der Waals surface area contributed by atoms with E-state index in [0.29, 0.717) is 50.7 Å². The molecule has 1 amide bonds. The van der Waals surface area contributed by atoms with Crippen LogP contribution in [-0.2, 0) is 20.8 Å². The lowest BCUT2D eigenvalue weighted by Gasteiger charge is -2.37. The number of rotatable bonds is 10.